The number of nitrogens with zero attached hydrogens (tertiary/aromatic N) is 2. The first kappa shape index (κ1) is 15.3. The molecule has 1 aromatic heterocycles. The Bertz CT molecular complexity index is 647. The van der Waals surface area contributed by atoms with Crippen molar-refractivity contribution in [3.8, 4) is 0 Å². The number of hydrogen-bond donors (Lipinski definition) is 2. The first-order valence-corrected chi connectivity index (χ1v) is 7.87. The van der Waals surface area contributed by atoms with Gasteiger partial charge in [-0.15, -0.1) is 0 Å². The third kappa shape index (κ3) is 4.00. The number of rotatable bonds is 5. The zero-order valence-electron chi connectivity index (χ0n) is 11.9. The maximum atomic E-state index is 5.99. The van der Waals surface area contributed by atoms with E-state index in [2.05, 4.69) is 20.6 Å². The van der Waals surface area contributed by atoms with E-state index < -0.39 is 0 Å². The van der Waals surface area contributed by atoms with Crippen LogP contribution in [0.1, 0.15) is 12.8 Å². The number of hydrogen-bond acceptors (Lipinski definition) is 5. The second-order valence-corrected chi connectivity index (χ2v) is 5.85. The number of aromatic nitrogens is 2. The van der Waals surface area contributed by atoms with Gasteiger partial charge in [0, 0.05) is 25.0 Å². The van der Waals surface area contributed by atoms with Gasteiger partial charge in [0.05, 0.1) is 16.1 Å². The van der Waals surface area contributed by atoms with Gasteiger partial charge in [0.15, 0.2) is 0 Å². The van der Waals surface area contributed by atoms with Crippen molar-refractivity contribution in [1.82, 2.24) is 9.97 Å². The Morgan fingerprint density at radius 3 is 2.91 bits per heavy atom. The molecule has 1 aliphatic heterocycles. The zero-order chi connectivity index (χ0) is 15.4. The summed E-state index contributed by atoms with van der Waals surface area (Å²) in [5, 5.41) is 7.37. The van der Waals surface area contributed by atoms with Crippen LogP contribution < -0.4 is 10.6 Å². The van der Waals surface area contributed by atoms with Gasteiger partial charge in [0.2, 0.25) is 5.95 Å². The van der Waals surface area contributed by atoms with E-state index >= 15 is 0 Å². The van der Waals surface area contributed by atoms with Crippen LogP contribution in [0, 0.1) is 0 Å². The molecule has 1 aliphatic rings. The van der Waals surface area contributed by atoms with E-state index in [4.69, 9.17) is 27.9 Å². The molecule has 2 heterocycles. The summed E-state index contributed by atoms with van der Waals surface area (Å²) in [6.45, 7) is 1.60. The lowest BCUT2D eigenvalue weighted by atomic mass is 10.2. The largest absolute Gasteiger partial charge is 0.376 e. The number of ether oxygens (including phenoxy) is 1. The summed E-state index contributed by atoms with van der Waals surface area (Å²) >= 11 is 11.9. The Labute approximate surface area is 139 Å². The van der Waals surface area contributed by atoms with E-state index in [-0.39, 0.29) is 6.10 Å². The predicted octanol–water partition coefficient (Wildman–Crippen LogP) is 4.12. The van der Waals surface area contributed by atoms with Crippen molar-refractivity contribution < 1.29 is 4.74 Å². The fourth-order valence-electron chi connectivity index (χ4n) is 2.24. The monoisotopic (exact) mass is 338 g/mol. The van der Waals surface area contributed by atoms with Crippen LogP contribution in [0.25, 0.3) is 0 Å². The van der Waals surface area contributed by atoms with Crippen LogP contribution in [-0.2, 0) is 4.74 Å². The number of nitrogens with one attached hydrogen (secondary N) is 2. The Morgan fingerprint density at radius 2 is 2.14 bits per heavy atom. The third-order valence-electron chi connectivity index (χ3n) is 3.37. The molecule has 0 aliphatic carbocycles. The summed E-state index contributed by atoms with van der Waals surface area (Å²) < 4.78 is 5.58. The Balaban J connectivity index is 1.63. The Hall–Kier alpha value is -1.56. The maximum absolute atomic E-state index is 5.99. The van der Waals surface area contributed by atoms with E-state index in [1.54, 1.807) is 18.3 Å². The molecule has 1 aromatic carbocycles. The molecule has 5 nitrogen and oxygen atoms in total. The normalized spacial score (nSPS) is 17.5. The molecule has 2 aromatic rings. The van der Waals surface area contributed by atoms with E-state index in [1.807, 2.05) is 12.1 Å². The molecular formula is C15H16Cl2N4O. The fourth-order valence-corrected chi connectivity index (χ4v) is 2.54. The molecule has 0 amide bonds. The molecule has 7 heteroatoms. The van der Waals surface area contributed by atoms with Gasteiger partial charge in [0.1, 0.15) is 5.82 Å². The number of benzene rings is 1. The molecule has 0 saturated carbocycles. The molecule has 1 atom stereocenters. The van der Waals surface area contributed by atoms with Crippen molar-refractivity contribution in [1.29, 1.82) is 0 Å². The van der Waals surface area contributed by atoms with Crippen molar-refractivity contribution in [2.45, 2.75) is 18.9 Å². The van der Waals surface area contributed by atoms with Crippen molar-refractivity contribution in [2.75, 3.05) is 23.8 Å². The van der Waals surface area contributed by atoms with Crippen LogP contribution in [0.15, 0.2) is 30.5 Å². The van der Waals surface area contributed by atoms with E-state index in [9.17, 15) is 0 Å². The van der Waals surface area contributed by atoms with Gasteiger partial charge in [-0.25, -0.2) is 4.98 Å². The number of halogens is 2. The minimum Gasteiger partial charge on any atom is -0.376 e. The summed E-state index contributed by atoms with van der Waals surface area (Å²) in [5.41, 5.74) is 0.783. The van der Waals surface area contributed by atoms with Gasteiger partial charge in [-0.1, -0.05) is 23.2 Å². The highest BCUT2D eigenvalue weighted by Gasteiger charge is 2.15. The van der Waals surface area contributed by atoms with E-state index in [0.717, 1.165) is 37.5 Å². The molecule has 1 unspecified atom stereocenters. The third-order valence-corrected chi connectivity index (χ3v) is 4.11. The van der Waals surface area contributed by atoms with Crippen LogP contribution in [0.4, 0.5) is 17.5 Å². The smallest absolute Gasteiger partial charge is 0.229 e. The van der Waals surface area contributed by atoms with Crippen LogP contribution in [0.5, 0.6) is 0 Å². The van der Waals surface area contributed by atoms with Crippen LogP contribution in [-0.4, -0.2) is 29.2 Å². The van der Waals surface area contributed by atoms with Gasteiger partial charge in [-0.05, 0) is 37.1 Å². The molecule has 0 spiro atoms. The summed E-state index contributed by atoms with van der Waals surface area (Å²) in [6, 6.07) is 7.12. The predicted molar refractivity (Wildman–Crippen MR) is 89.2 cm³/mol. The van der Waals surface area contributed by atoms with Crippen LogP contribution in [0.2, 0.25) is 10.0 Å². The lowest BCUT2D eigenvalue weighted by Gasteiger charge is -2.12. The molecule has 116 valence electrons. The standard InChI is InChI=1S/C15H16Cl2N4O/c16-12-4-3-10(8-13(12)17)20-15-18-6-5-14(21-15)19-9-11-2-1-7-22-11/h3-6,8,11H,1-2,7,9H2,(H2,18,19,20,21). The van der Waals surface area contributed by atoms with Crippen molar-refractivity contribution in [3.05, 3.63) is 40.5 Å². The SMILES string of the molecule is Clc1ccc(Nc2nccc(NCC3CCCO3)n2)cc1Cl. The quantitative estimate of drug-likeness (QED) is 0.858. The minimum atomic E-state index is 0.265. The summed E-state index contributed by atoms with van der Waals surface area (Å²) in [4.78, 5) is 8.61. The Kier molecular flexibility index (Phi) is 4.97. The molecule has 3 rings (SSSR count). The first-order valence-electron chi connectivity index (χ1n) is 7.11. The lowest BCUT2D eigenvalue weighted by Crippen LogP contribution is -2.19. The average Bonchev–Trinajstić information content (AvgIpc) is 3.03. The van der Waals surface area contributed by atoms with E-state index in [1.165, 1.54) is 0 Å². The van der Waals surface area contributed by atoms with Gasteiger partial charge in [-0.2, -0.15) is 4.98 Å². The molecular weight excluding hydrogens is 323 g/mol. The van der Waals surface area contributed by atoms with Gasteiger partial charge >= 0.3 is 0 Å². The lowest BCUT2D eigenvalue weighted by molar-refractivity contribution is 0.120. The second-order valence-electron chi connectivity index (χ2n) is 5.04. The molecule has 0 bridgehead atoms. The van der Waals surface area contributed by atoms with Crippen molar-refractivity contribution >= 4 is 40.7 Å². The molecule has 2 N–H and O–H groups in total. The summed E-state index contributed by atoms with van der Waals surface area (Å²) in [6.07, 6.45) is 4.18. The molecule has 22 heavy (non-hydrogen) atoms. The summed E-state index contributed by atoms with van der Waals surface area (Å²) in [7, 11) is 0. The minimum absolute atomic E-state index is 0.265. The molecule has 0 radical (unpaired) electrons. The Morgan fingerprint density at radius 1 is 1.23 bits per heavy atom. The van der Waals surface area contributed by atoms with Crippen LogP contribution >= 0.6 is 23.2 Å². The highest BCUT2D eigenvalue weighted by Crippen LogP contribution is 2.26. The second kappa shape index (κ2) is 7.13. The van der Waals surface area contributed by atoms with E-state index in [0.29, 0.717) is 16.0 Å². The zero-order valence-corrected chi connectivity index (χ0v) is 13.4. The van der Waals surface area contributed by atoms with Gasteiger partial charge in [0.25, 0.3) is 0 Å². The molecule has 1 fully saturated rings. The van der Waals surface area contributed by atoms with Gasteiger partial charge < -0.3 is 15.4 Å². The molecule has 1 saturated heterocycles. The maximum Gasteiger partial charge on any atom is 0.229 e. The summed E-state index contributed by atoms with van der Waals surface area (Å²) in [5.74, 6) is 1.25. The van der Waals surface area contributed by atoms with Crippen molar-refractivity contribution in [3.63, 3.8) is 0 Å². The first-order chi connectivity index (χ1) is 10.7. The van der Waals surface area contributed by atoms with Crippen LogP contribution in [0.3, 0.4) is 0 Å². The topological polar surface area (TPSA) is 59.1 Å². The van der Waals surface area contributed by atoms with Gasteiger partial charge in [-0.3, -0.25) is 0 Å². The fraction of sp³-hybridized carbons (Fsp3) is 0.333. The number of anilines is 3. The van der Waals surface area contributed by atoms with Crippen molar-refractivity contribution in [2.24, 2.45) is 0 Å². The highest BCUT2D eigenvalue weighted by molar-refractivity contribution is 6.42. The highest BCUT2D eigenvalue weighted by atomic mass is 35.5. The average molecular weight is 339 g/mol.